The summed E-state index contributed by atoms with van der Waals surface area (Å²) in [5.74, 6) is -1.24. The second kappa shape index (κ2) is 10.4. The molecule has 10 nitrogen and oxygen atoms in total. The Morgan fingerprint density at radius 1 is 1.03 bits per heavy atom. The number of methoxy groups -OCH3 is 1. The fraction of sp³-hybridized carbons (Fsp3) is 0.789. The van der Waals surface area contributed by atoms with E-state index in [-0.39, 0.29) is 37.0 Å². The summed E-state index contributed by atoms with van der Waals surface area (Å²) in [6, 6.07) is -2.00. The number of amides is 4. The van der Waals surface area contributed by atoms with Crippen molar-refractivity contribution in [3.63, 3.8) is 0 Å². The van der Waals surface area contributed by atoms with E-state index in [1.165, 1.54) is 14.0 Å². The fourth-order valence-corrected chi connectivity index (χ4v) is 3.64. The van der Waals surface area contributed by atoms with Crippen LogP contribution < -0.4 is 16.0 Å². The number of nitrogens with one attached hydrogen (secondary N) is 3. The highest BCUT2D eigenvalue weighted by molar-refractivity contribution is 5.92. The summed E-state index contributed by atoms with van der Waals surface area (Å²) >= 11 is 0. The number of ether oxygens (including phenoxy) is 1. The van der Waals surface area contributed by atoms with Gasteiger partial charge in [-0.3, -0.25) is 9.59 Å². The van der Waals surface area contributed by atoms with Gasteiger partial charge in [0.25, 0.3) is 0 Å². The first-order valence-corrected chi connectivity index (χ1v) is 10.2. The van der Waals surface area contributed by atoms with E-state index >= 15 is 0 Å². The van der Waals surface area contributed by atoms with E-state index in [4.69, 9.17) is 0 Å². The Hall–Kier alpha value is -2.36. The highest BCUT2D eigenvalue weighted by Gasteiger charge is 2.40. The van der Waals surface area contributed by atoms with E-state index in [2.05, 4.69) is 20.7 Å². The van der Waals surface area contributed by atoms with Crippen LogP contribution in [0.25, 0.3) is 0 Å². The molecule has 2 aliphatic rings. The molecule has 10 heteroatoms. The Balaban J connectivity index is 2.15. The van der Waals surface area contributed by atoms with Crippen molar-refractivity contribution >= 4 is 23.8 Å². The van der Waals surface area contributed by atoms with Crippen LogP contribution in [0.2, 0.25) is 0 Å². The SMILES string of the molecule is COC(=O)C(C)NC(=O)C1CN(C(=O)NC(C)C)CCN1C(=O)C1CCNCC1. The smallest absolute Gasteiger partial charge is 0.328 e. The Bertz CT molecular complexity index is 620. The zero-order valence-corrected chi connectivity index (χ0v) is 17.7. The molecule has 29 heavy (non-hydrogen) atoms. The van der Waals surface area contributed by atoms with Crippen LogP contribution in [0.5, 0.6) is 0 Å². The van der Waals surface area contributed by atoms with Gasteiger partial charge in [0.15, 0.2) is 0 Å². The predicted molar refractivity (Wildman–Crippen MR) is 106 cm³/mol. The van der Waals surface area contributed by atoms with Crippen molar-refractivity contribution in [3.05, 3.63) is 0 Å². The molecule has 2 unspecified atom stereocenters. The first kappa shape index (κ1) is 22.9. The monoisotopic (exact) mass is 411 g/mol. The highest BCUT2D eigenvalue weighted by Crippen LogP contribution is 2.20. The summed E-state index contributed by atoms with van der Waals surface area (Å²) in [7, 11) is 1.25. The topological polar surface area (TPSA) is 120 Å². The van der Waals surface area contributed by atoms with E-state index in [0.717, 1.165) is 25.9 Å². The summed E-state index contributed by atoms with van der Waals surface area (Å²) < 4.78 is 4.66. The molecule has 2 heterocycles. The number of hydrogen-bond donors (Lipinski definition) is 3. The lowest BCUT2D eigenvalue weighted by Gasteiger charge is -2.42. The lowest BCUT2D eigenvalue weighted by molar-refractivity contribution is -0.149. The molecule has 3 N–H and O–H groups in total. The van der Waals surface area contributed by atoms with Crippen molar-refractivity contribution < 1.29 is 23.9 Å². The number of carbonyl (C=O) groups is 4. The molecule has 2 fully saturated rings. The average molecular weight is 412 g/mol. The van der Waals surface area contributed by atoms with Crippen LogP contribution in [-0.4, -0.2) is 91.6 Å². The average Bonchev–Trinajstić information content (AvgIpc) is 2.72. The standard InChI is InChI=1S/C19H33N5O5/c1-12(2)21-19(28)23-9-10-24(17(26)14-5-7-20-8-6-14)15(11-23)16(25)22-13(3)18(27)29-4/h12-15,20H,5-11H2,1-4H3,(H,21,28)(H,22,25). The van der Waals surface area contributed by atoms with Gasteiger partial charge in [0.1, 0.15) is 12.1 Å². The van der Waals surface area contributed by atoms with Crippen LogP contribution >= 0.6 is 0 Å². The van der Waals surface area contributed by atoms with Gasteiger partial charge in [0.2, 0.25) is 11.8 Å². The molecule has 0 spiro atoms. The third kappa shape index (κ3) is 6.06. The van der Waals surface area contributed by atoms with Gasteiger partial charge in [-0.1, -0.05) is 0 Å². The summed E-state index contributed by atoms with van der Waals surface area (Å²) in [5.41, 5.74) is 0. The van der Waals surface area contributed by atoms with Crippen molar-refractivity contribution in [2.24, 2.45) is 5.92 Å². The van der Waals surface area contributed by atoms with E-state index < -0.39 is 24.0 Å². The van der Waals surface area contributed by atoms with E-state index in [0.29, 0.717) is 6.54 Å². The van der Waals surface area contributed by atoms with Crippen molar-refractivity contribution in [2.75, 3.05) is 39.8 Å². The van der Waals surface area contributed by atoms with Gasteiger partial charge in [-0.25, -0.2) is 9.59 Å². The van der Waals surface area contributed by atoms with Crippen LogP contribution in [0.4, 0.5) is 4.79 Å². The summed E-state index contributed by atoms with van der Waals surface area (Å²) in [6.07, 6.45) is 1.44. The first-order chi connectivity index (χ1) is 13.7. The van der Waals surface area contributed by atoms with Gasteiger partial charge in [0.05, 0.1) is 13.7 Å². The van der Waals surface area contributed by atoms with Crippen molar-refractivity contribution in [2.45, 2.75) is 51.7 Å². The minimum Gasteiger partial charge on any atom is -0.467 e. The molecule has 0 radical (unpaired) electrons. The number of nitrogens with zero attached hydrogens (tertiary/aromatic N) is 2. The van der Waals surface area contributed by atoms with Crippen molar-refractivity contribution in [1.29, 1.82) is 0 Å². The van der Waals surface area contributed by atoms with Crippen molar-refractivity contribution in [1.82, 2.24) is 25.8 Å². The second-order valence-corrected chi connectivity index (χ2v) is 7.88. The molecule has 0 bridgehead atoms. The number of rotatable bonds is 5. The molecule has 164 valence electrons. The molecule has 0 aromatic rings. The molecule has 2 saturated heterocycles. The molecule has 2 rings (SSSR count). The largest absolute Gasteiger partial charge is 0.467 e. The van der Waals surface area contributed by atoms with Crippen LogP contribution in [-0.2, 0) is 19.1 Å². The molecule has 2 atom stereocenters. The molecule has 2 aliphatic heterocycles. The quantitative estimate of drug-likeness (QED) is 0.515. The van der Waals surface area contributed by atoms with E-state index in [1.807, 2.05) is 13.8 Å². The predicted octanol–water partition coefficient (Wildman–Crippen LogP) is -0.705. The second-order valence-electron chi connectivity index (χ2n) is 7.88. The number of carbonyl (C=O) groups excluding carboxylic acids is 4. The number of esters is 1. The maximum Gasteiger partial charge on any atom is 0.328 e. The number of piperazine rings is 1. The Kier molecular flexibility index (Phi) is 8.24. The normalized spacial score (nSPS) is 21.5. The van der Waals surface area contributed by atoms with Gasteiger partial charge in [-0.05, 0) is 46.7 Å². The summed E-state index contributed by atoms with van der Waals surface area (Å²) in [5, 5.41) is 8.66. The van der Waals surface area contributed by atoms with Gasteiger partial charge < -0.3 is 30.5 Å². The Morgan fingerprint density at radius 2 is 1.69 bits per heavy atom. The zero-order valence-electron chi connectivity index (χ0n) is 17.7. The molecule has 0 saturated carbocycles. The Morgan fingerprint density at radius 3 is 2.28 bits per heavy atom. The molecule has 4 amide bonds. The molecular formula is C19H33N5O5. The summed E-state index contributed by atoms with van der Waals surface area (Å²) in [6.45, 7) is 7.48. The van der Waals surface area contributed by atoms with Crippen molar-refractivity contribution in [3.8, 4) is 0 Å². The first-order valence-electron chi connectivity index (χ1n) is 10.2. The van der Waals surface area contributed by atoms with Crippen LogP contribution in [0.15, 0.2) is 0 Å². The molecular weight excluding hydrogens is 378 g/mol. The lowest BCUT2D eigenvalue weighted by atomic mass is 9.95. The molecule has 0 aliphatic carbocycles. The highest BCUT2D eigenvalue weighted by atomic mass is 16.5. The van der Waals surface area contributed by atoms with E-state index in [9.17, 15) is 19.2 Å². The zero-order chi connectivity index (χ0) is 21.6. The van der Waals surface area contributed by atoms with Crippen LogP contribution in [0.3, 0.4) is 0 Å². The van der Waals surface area contributed by atoms with Gasteiger partial charge in [0, 0.05) is 25.0 Å². The molecule has 0 aromatic heterocycles. The lowest BCUT2D eigenvalue weighted by Crippen LogP contribution is -2.64. The third-order valence-electron chi connectivity index (χ3n) is 5.27. The van der Waals surface area contributed by atoms with Crippen LogP contribution in [0, 0.1) is 5.92 Å². The van der Waals surface area contributed by atoms with Gasteiger partial charge in [-0.2, -0.15) is 0 Å². The van der Waals surface area contributed by atoms with Gasteiger partial charge in [-0.15, -0.1) is 0 Å². The number of piperidine rings is 1. The maximum atomic E-state index is 13.1. The summed E-state index contributed by atoms with van der Waals surface area (Å²) in [4.78, 5) is 53.3. The maximum absolute atomic E-state index is 13.1. The number of hydrogen-bond acceptors (Lipinski definition) is 6. The number of urea groups is 1. The Labute approximate surface area is 171 Å². The molecule has 0 aromatic carbocycles. The van der Waals surface area contributed by atoms with Gasteiger partial charge >= 0.3 is 12.0 Å². The third-order valence-corrected chi connectivity index (χ3v) is 5.27. The minimum absolute atomic E-state index is 0.0384. The van der Waals surface area contributed by atoms with Crippen LogP contribution in [0.1, 0.15) is 33.6 Å². The van der Waals surface area contributed by atoms with E-state index in [1.54, 1.807) is 9.80 Å². The fourth-order valence-electron chi connectivity index (χ4n) is 3.64. The minimum atomic E-state index is -0.851.